The number of thiophene rings is 1. The molecule has 144 valence electrons. The van der Waals surface area contributed by atoms with Crippen molar-refractivity contribution in [3.63, 3.8) is 0 Å². The maximum atomic E-state index is 12.3. The number of ether oxygens (including phenoxy) is 1. The Morgan fingerprint density at radius 1 is 1.11 bits per heavy atom. The summed E-state index contributed by atoms with van der Waals surface area (Å²) in [6, 6.07) is 11.5. The SMILES string of the molecule is O=C(CN1CCOCC1)Nc1ccc(N(c2ccsc2)c2ncccn2)cc1. The summed E-state index contributed by atoms with van der Waals surface area (Å²) in [7, 11) is 0. The van der Waals surface area contributed by atoms with Crippen molar-refractivity contribution in [2.24, 2.45) is 0 Å². The average molecular weight is 395 g/mol. The molecule has 1 saturated heterocycles. The third-order valence-corrected chi connectivity index (χ3v) is 5.07. The molecule has 1 aliphatic rings. The second-order valence-electron chi connectivity index (χ2n) is 6.35. The molecule has 1 aromatic carbocycles. The van der Waals surface area contributed by atoms with Gasteiger partial charge in [-0.2, -0.15) is 11.3 Å². The lowest BCUT2D eigenvalue weighted by molar-refractivity contribution is -0.118. The summed E-state index contributed by atoms with van der Waals surface area (Å²) in [6.07, 6.45) is 3.45. The first kappa shape index (κ1) is 18.5. The van der Waals surface area contributed by atoms with Crippen LogP contribution in [0.25, 0.3) is 0 Å². The molecule has 0 aliphatic carbocycles. The molecule has 1 N–H and O–H groups in total. The number of nitrogens with zero attached hydrogens (tertiary/aromatic N) is 4. The molecule has 7 nitrogen and oxygen atoms in total. The van der Waals surface area contributed by atoms with Crippen LogP contribution in [0.2, 0.25) is 0 Å². The van der Waals surface area contributed by atoms with Crippen molar-refractivity contribution in [1.82, 2.24) is 14.9 Å². The summed E-state index contributed by atoms with van der Waals surface area (Å²) in [5, 5.41) is 7.03. The molecular formula is C20H21N5O2S. The van der Waals surface area contributed by atoms with Crippen molar-refractivity contribution in [2.75, 3.05) is 43.1 Å². The van der Waals surface area contributed by atoms with Crippen LogP contribution < -0.4 is 10.2 Å². The van der Waals surface area contributed by atoms with Gasteiger partial charge in [0.25, 0.3) is 0 Å². The first-order valence-corrected chi connectivity index (χ1v) is 10.0. The maximum Gasteiger partial charge on any atom is 0.238 e. The summed E-state index contributed by atoms with van der Waals surface area (Å²) in [5.74, 6) is 0.584. The molecular weight excluding hydrogens is 374 g/mol. The zero-order valence-corrected chi connectivity index (χ0v) is 16.1. The van der Waals surface area contributed by atoms with Gasteiger partial charge in [0.1, 0.15) is 0 Å². The second-order valence-corrected chi connectivity index (χ2v) is 7.13. The highest BCUT2D eigenvalue weighted by Crippen LogP contribution is 2.33. The molecule has 8 heteroatoms. The van der Waals surface area contributed by atoms with E-state index in [4.69, 9.17) is 4.74 Å². The van der Waals surface area contributed by atoms with Crippen molar-refractivity contribution in [2.45, 2.75) is 0 Å². The van der Waals surface area contributed by atoms with Gasteiger partial charge in [-0.25, -0.2) is 9.97 Å². The number of nitrogens with one attached hydrogen (secondary N) is 1. The van der Waals surface area contributed by atoms with Gasteiger partial charge in [-0.1, -0.05) is 0 Å². The van der Waals surface area contributed by atoms with Crippen LogP contribution >= 0.6 is 11.3 Å². The Bertz CT molecular complexity index is 881. The van der Waals surface area contributed by atoms with E-state index in [-0.39, 0.29) is 5.91 Å². The average Bonchev–Trinajstić information content (AvgIpc) is 3.25. The van der Waals surface area contributed by atoms with Crippen LogP contribution in [0.5, 0.6) is 0 Å². The van der Waals surface area contributed by atoms with Crippen molar-refractivity contribution >= 4 is 40.3 Å². The summed E-state index contributed by atoms with van der Waals surface area (Å²) < 4.78 is 5.31. The summed E-state index contributed by atoms with van der Waals surface area (Å²) in [5.41, 5.74) is 2.69. The highest BCUT2D eigenvalue weighted by molar-refractivity contribution is 7.08. The molecule has 3 aromatic rings. The Hall–Kier alpha value is -2.81. The van der Waals surface area contributed by atoms with Gasteiger partial charge in [-0.15, -0.1) is 0 Å². The van der Waals surface area contributed by atoms with Gasteiger partial charge in [0.15, 0.2) is 0 Å². The molecule has 0 atom stereocenters. The fraction of sp³-hybridized carbons (Fsp3) is 0.250. The number of benzene rings is 1. The minimum absolute atomic E-state index is 0.0178. The second kappa shape index (κ2) is 8.92. The number of hydrogen-bond donors (Lipinski definition) is 1. The summed E-state index contributed by atoms with van der Waals surface area (Å²) in [6.45, 7) is 3.33. The Balaban J connectivity index is 1.47. The Labute approximate surface area is 167 Å². The zero-order chi connectivity index (χ0) is 19.2. The lowest BCUT2D eigenvalue weighted by atomic mass is 10.2. The molecule has 3 heterocycles. The van der Waals surface area contributed by atoms with Gasteiger partial charge in [-0.05, 0) is 41.8 Å². The van der Waals surface area contributed by atoms with Crippen molar-refractivity contribution in [1.29, 1.82) is 0 Å². The fourth-order valence-corrected chi connectivity index (χ4v) is 3.65. The number of carbonyl (C=O) groups is 1. The molecule has 1 amide bonds. The van der Waals surface area contributed by atoms with Gasteiger partial charge >= 0.3 is 0 Å². The lowest BCUT2D eigenvalue weighted by Crippen LogP contribution is -2.41. The molecule has 0 radical (unpaired) electrons. The first-order chi connectivity index (χ1) is 13.8. The van der Waals surface area contributed by atoms with Gasteiger partial charge < -0.3 is 10.1 Å². The van der Waals surface area contributed by atoms with Crippen LogP contribution in [0.4, 0.5) is 23.0 Å². The number of rotatable bonds is 6. The van der Waals surface area contributed by atoms with E-state index in [2.05, 4.69) is 20.2 Å². The molecule has 28 heavy (non-hydrogen) atoms. The van der Waals surface area contributed by atoms with E-state index >= 15 is 0 Å². The van der Waals surface area contributed by atoms with Gasteiger partial charge in [0, 0.05) is 42.2 Å². The quantitative estimate of drug-likeness (QED) is 0.691. The van der Waals surface area contributed by atoms with Gasteiger partial charge in [-0.3, -0.25) is 14.6 Å². The van der Waals surface area contributed by atoms with E-state index in [1.54, 1.807) is 29.8 Å². The van der Waals surface area contributed by atoms with E-state index in [0.717, 1.165) is 30.2 Å². The number of amides is 1. The monoisotopic (exact) mass is 395 g/mol. The fourth-order valence-electron chi connectivity index (χ4n) is 3.03. The van der Waals surface area contributed by atoms with E-state index in [0.29, 0.717) is 25.7 Å². The predicted molar refractivity (Wildman–Crippen MR) is 110 cm³/mol. The Morgan fingerprint density at radius 3 is 2.54 bits per heavy atom. The van der Waals surface area contributed by atoms with E-state index in [1.807, 2.05) is 46.0 Å². The van der Waals surface area contributed by atoms with E-state index in [1.165, 1.54) is 0 Å². The van der Waals surface area contributed by atoms with Crippen LogP contribution in [0.1, 0.15) is 0 Å². The number of morpholine rings is 1. The van der Waals surface area contributed by atoms with Crippen LogP contribution in [-0.2, 0) is 9.53 Å². The molecule has 0 saturated carbocycles. The number of aromatic nitrogens is 2. The summed E-state index contributed by atoms with van der Waals surface area (Å²) >= 11 is 1.62. The summed E-state index contributed by atoms with van der Waals surface area (Å²) in [4.78, 5) is 25.1. The zero-order valence-electron chi connectivity index (χ0n) is 15.3. The van der Waals surface area contributed by atoms with Crippen LogP contribution in [0.15, 0.2) is 59.6 Å². The molecule has 0 unspecified atom stereocenters. The predicted octanol–water partition coefficient (Wildman–Crippen LogP) is 3.28. The van der Waals surface area contributed by atoms with Gasteiger partial charge in [0.05, 0.1) is 25.4 Å². The first-order valence-electron chi connectivity index (χ1n) is 9.09. The maximum absolute atomic E-state index is 12.3. The van der Waals surface area contributed by atoms with Gasteiger partial charge in [0.2, 0.25) is 11.9 Å². The number of carbonyl (C=O) groups excluding carboxylic acids is 1. The number of anilines is 4. The molecule has 1 aliphatic heterocycles. The topological polar surface area (TPSA) is 70.6 Å². The minimum atomic E-state index is -0.0178. The van der Waals surface area contributed by atoms with E-state index in [9.17, 15) is 4.79 Å². The Kier molecular flexibility index (Phi) is 5.91. The lowest BCUT2D eigenvalue weighted by Gasteiger charge is -2.25. The van der Waals surface area contributed by atoms with E-state index < -0.39 is 0 Å². The minimum Gasteiger partial charge on any atom is -0.379 e. The highest BCUT2D eigenvalue weighted by atomic mass is 32.1. The number of hydrogen-bond acceptors (Lipinski definition) is 7. The Morgan fingerprint density at radius 2 is 1.86 bits per heavy atom. The van der Waals surface area contributed by atoms with Crippen LogP contribution in [-0.4, -0.2) is 53.6 Å². The third kappa shape index (κ3) is 4.53. The molecule has 0 bridgehead atoms. The van der Waals surface area contributed by atoms with Crippen LogP contribution in [0.3, 0.4) is 0 Å². The molecule has 0 spiro atoms. The van der Waals surface area contributed by atoms with Crippen molar-refractivity contribution in [3.05, 3.63) is 59.6 Å². The molecule has 4 rings (SSSR count). The normalized spacial score (nSPS) is 14.6. The molecule has 1 fully saturated rings. The highest BCUT2D eigenvalue weighted by Gasteiger charge is 2.16. The van der Waals surface area contributed by atoms with Crippen molar-refractivity contribution in [3.8, 4) is 0 Å². The largest absolute Gasteiger partial charge is 0.379 e. The smallest absolute Gasteiger partial charge is 0.238 e. The van der Waals surface area contributed by atoms with Crippen LogP contribution in [0, 0.1) is 0 Å². The van der Waals surface area contributed by atoms with Crippen molar-refractivity contribution < 1.29 is 9.53 Å². The molecule has 2 aromatic heterocycles. The third-order valence-electron chi connectivity index (χ3n) is 4.40. The standard InChI is InChI=1S/C20H21N5O2S/c26-19(14-24-9-11-27-12-10-24)23-16-2-4-17(5-3-16)25(18-6-13-28-15-18)20-21-7-1-8-22-20/h1-8,13,15H,9-12,14H2,(H,23,26).